The maximum atomic E-state index is 11.4. The van der Waals surface area contributed by atoms with Gasteiger partial charge >= 0.3 is 0 Å². The van der Waals surface area contributed by atoms with E-state index in [1.165, 1.54) is 18.3 Å². The van der Waals surface area contributed by atoms with Crippen molar-refractivity contribution in [2.24, 2.45) is 0 Å². The lowest BCUT2D eigenvalue weighted by Gasteiger charge is -1.96. The molecule has 0 saturated carbocycles. The summed E-state index contributed by atoms with van der Waals surface area (Å²) < 4.78 is 0. The van der Waals surface area contributed by atoms with Crippen LogP contribution < -0.4 is 5.32 Å². The first-order valence-electron chi connectivity index (χ1n) is 5.33. The highest BCUT2D eigenvalue weighted by atomic mass is 32.1. The maximum Gasteiger partial charge on any atom is 0.233 e. The van der Waals surface area contributed by atoms with E-state index in [2.05, 4.69) is 15.5 Å². The van der Waals surface area contributed by atoms with Crippen LogP contribution in [0.25, 0.3) is 10.6 Å². The molecule has 0 bridgehead atoms. The molecule has 0 unspecified atom stereocenters. The molecule has 2 rings (SSSR count). The minimum atomic E-state index is -0.363. The molecular weight excluding hydrogens is 250 g/mol. The first kappa shape index (κ1) is 12.4. The number of hydrogen-bond donors (Lipinski definition) is 1. The van der Waals surface area contributed by atoms with Crippen molar-refractivity contribution in [3.05, 3.63) is 30.3 Å². The summed E-state index contributed by atoms with van der Waals surface area (Å²) in [7, 11) is 0. The van der Waals surface area contributed by atoms with Gasteiger partial charge in [-0.15, -0.1) is 10.2 Å². The topological polar surface area (TPSA) is 72.0 Å². The highest BCUT2D eigenvalue weighted by molar-refractivity contribution is 7.18. The molecule has 1 amide bonds. The van der Waals surface area contributed by atoms with Gasteiger partial charge < -0.3 is 5.32 Å². The zero-order chi connectivity index (χ0) is 13.0. The molecule has 1 aromatic heterocycles. The summed E-state index contributed by atoms with van der Waals surface area (Å²) in [6.45, 7) is 1.37. The molecule has 0 radical (unpaired) electrons. The van der Waals surface area contributed by atoms with Crippen LogP contribution in [0.1, 0.15) is 13.3 Å². The van der Waals surface area contributed by atoms with Crippen LogP contribution in [0.4, 0.5) is 5.13 Å². The largest absolute Gasteiger partial charge is 0.300 e. The SMILES string of the molecule is CC(=O)CC(=O)Nc1nnc(-c2ccccc2)s1. The van der Waals surface area contributed by atoms with Crippen molar-refractivity contribution >= 4 is 28.2 Å². The summed E-state index contributed by atoms with van der Waals surface area (Å²) >= 11 is 1.28. The summed E-state index contributed by atoms with van der Waals surface area (Å²) in [4.78, 5) is 22.2. The molecule has 0 aliphatic rings. The first-order chi connectivity index (χ1) is 8.65. The first-order valence-corrected chi connectivity index (χ1v) is 6.15. The average molecular weight is 261 g/mol. The van der Waals surface area contributed by atoms with Crippen molar-refractivity contribution in [1.82, 2.24) is 10.2 Å². The third-order valence-corrected chi connectivity index (χ3v) is 2.99. The smallest absolute Gasteiger partial charge is 0.233 e. The molecule has 1 N–H and O–H groups in total. The van der Waals surface area contributed by atoms with Crippen molar-refractivity contribution in [2.45, 2.75) is 13.3 Å². The van der Waals surface area contributed by atoms with Crippen molar-refractivity contribution in [1.29, 1.82) is 0 Å². The molecule has 0 aliphatic heterocycles. The van der Waals surface area contributed by atoms with Gasteiger partial charge in [0.2, 0.25) is 11.0 Å². The normalized spacial score (nSPS) is 10.1. The third kappa shape index (κ3) is 3.21. The van der Waals surface area contributed by atoms with Gasteiger partial charge in [-0.05, 0) is 6.92 Å². The van der Waals surface area contributed by atoms with Crippen LogP contribution in [0.15, 0.2) is 30.3 Å². The Balaban J connectivity index is 2.07. The molecule has 2 aromatic rings. The van der Waals surface area contributed by atoms with E-state index in [9.17, 15) is 9.59 Å². The highest BCUT2D eigenvalue weighted by Gasteiger charge is 2.10. The molecular formula is C12H11N3O2S. The van der Waals surface area contributed by atoms with E-state index in [0.717, 1.165) is 10.6 Å². The fourth-order valence-corrected chi connectivity index (χ4v) is 2.13. The van der Waals surface area contributed by atoms with E-state index in [1.807, 2.05) is 30.3 Å². The molecule has 6 heteroatoms. The lowest BCUT2D eigenvalue weighted by atomic mass is 10.2. The number of hydrogen-bond acceptors (Lipinski definition) is 5. The summed E-state index contributed by atoms with van der Waals surface area (Å²) in [5.41, 5.74) is 0.946. The number of rotatable bonds is 4. The van der Waals surface area contributed by atoms with E-state index in [0.29, 0.717) is 5.13 Å². The Hall–Kier alpha value is -2.08. The molecule has 5 nitrogen and oxygen atoms in total. The predicted molar refractivity (Wildman–Crippen MR) is 69.3 cm³/mol. The number of carbonyl (C=O) groups is 2. The lowest BCUT2D eigenvalue weighted by molar-refractivity contribution is -0.124. The fourth-order valence-electron chi connectivity index (χ4n) is 1.36. The molecule has 18 heavy (non-hydrogen) atoms. The van der Waals surface area contributed by atoms with Crippen LogP contribution in [0.3, 0.4) is 0 Å². The number of nitrogens with zero attached hydrogens (tertiary/aromatic N) is 2. The second kappa shape index (κ2) is 5.50. The Bertz CT molecular complexity index is 566. The van der Waals surface area contributed by atoms with E-state index in [-0.39, 0.29) is 18.1 Å². The minimum absolute atomic E-state index is 0.139. The molecule has 1 heterocycles. The van der Waals surface area contributed by atoms with Gasteiger partial charge in [0.15, 0.2) is 0 Å². The summed E-state index contributed by atoms with van der Waals surface area (Å²) in [6.07, 6.45) is -0.139. The molecule has 0 saturated heterocycles. The number of nitrogens with one attached hydrogen (secondary N) is 1. The van der Waals surface area contributed by atoms with E-state index >= 15 is 0 Å². The second-order valence-corrected chi connectivity index (χ2v) is 4.68. The van der Waals surface area contributed by atoms with Crippen molar-refractivity contribution < 1.29 is 9.59 Å². The molecule has 0 aliphatic carbocycles. The fraction of sp³-hybridized carbons (Fsp3) is 0.167. The Morgan fingerprint density at radius 2 is 1.94 bits per heavy atom. The van der Waals surface area contributed by atoms with Crippen molar-refractivity contribution in [3.8, 4) is 10.6 Å². The van der Waals surface area contributed by atoms with E-state index in [4.69, 9.17) is 0 Å². The third-order valence-electron chi connectivity index (χ3n) is 2.10. The van der Waals surface area contributed by atoms with Crippen LogP contribution in [-0.2, 0) is 9.59 Å². The highest BCUT2D eigenvalue weighted by Crippen LogP contribution is 2.25. The summed E-state index contributed by atoms with van der Waals surface area (Å²) in [5.74, 6) is -0.543. The Morgan fingerprint density at radius 3 is 2.61 bits per heavy atom. The van der Waals surface area contributed by atoms with Gasteiger partial charge in [-0.1, -0.05) is 41.7 Å². The maximum absolute atomic E-state index is 11.4. The van der Waals surface area contributed by atoms with Crippen molar-refractivity contribution in [3.63, 3.8) is 0 Å². The predicted octanol–water partition coefficient (Wildman–Crippen LogP) is 2.12. The van der Waals surface area contributed by atoms with Crippen LogP contribution in [-0.4, -0.2) is 21.9 Å². The van der Waals surface area contributed by atoms with Gasteiger partial charge in [0, 0.05) is 5.56 Å². The summed E-state index contributed by atoms with van der Waals surface area (Å²) in [5, 5.41) is 11.5. The van der Waals surface area contributed by atoms with E-state index < -0.39 is 0 Å². The quantitative estimate of drug-likeness (QED) is 0.856. The Kier molecular flexibility index (Phi) is 3.78. The van der Waals surface area contributed by atoms with Crippen molar-refractivity contribution in [2.75, 3.05) is 5.32 Å². The number of amides is 1. The number of aromatic nitrogens is 2. The van der Waals surface area contributed by atoms with Gasteiger partial charge in [0.25, 0.3) is 0 Å². The standard InChI is InChI=1S/C12H11N3O2S/c1-8(16)7-10(17)13-12-15-14-11(18-12)9-5-3-2-4-6-9/h2-6H,7H2,1H3,(H,13,15,17). The van der Waals surface area contributed by atoms with Crippen LogP contribution in [0, 0.1) is 0 Å². The van der Waals surface area contributed by atoms with Gasteiger partial charge in [-0.3, -0.25) is 9.59 Å². The molecule has 0 atom stereocenters. The number of anilines is 1. The number of ketones is 1. The van der Waals surface area contributed by atoms with Crippen LogP contribution >= 0.6 is 11.3 Å². The minimum Gasteiger partial charge on any atom is -0.300 e. The van der Waals surface area contributed by atoms with Gasteiger partial charge in [-0.25, -0.2) is 0 Å². The molecule has 92 valence electrons. The number of benzene rings is 1. The monoisotopic (exact) mass is 261 g/mol. The van der Waals surface area contributed by atoms with Gasteiger partial charge in [0.05, 0.1) is 6.42 Å². The molecule has 0 fully saturated rings. The number of Topliss-reactive ketones (excluding diaryl/α,β-unsaturated/α-hetero) is 1. The van der Waals surface area contributed by atoms with Gasteiger partial charge in [0.1, 0.15) is 10.8 Å². The molecule has 1 aromatic carbocycles. The van der Waals surface area contributed by atoms with Gasteiger partial charge in [-0.2, -0.15) is 0 Å². The zero-order valence-corrected chi connectivity index (χ0v) is 10.5. The Morgan fingerprint density at radius 1 is 1.22 bits per heavy atom. The summed E-state index contributed by atoms with van der Waals surface area (Å²) in [6, 6.07) is 9.57. The number of carbonyl (C=O) groups excluding carboxylic acids is 2. The Labute approximate surface area is 108 Å². The zero-order valence-electron chi connectivity index (χ0n) is 9.71. The van der Waals surface area contributed by atoms with Crippen LogP contribution in [0.2, 0.25) is 0 Å². The lowest BCUT2D eigenvalue weighted by Crippen LogP contribution is -2.14. The second-order valence-electron chi connectivity index (χ2n) is 3.71. The molecule has 0 spiro atoms. The van der Waals surface area contributed by atoms with Crippen LogP contribution in [0.5, 0.6) is 0 Å². The average Bonchev–Trinajstić information content (AvgIpc) is 2.77. The van der Waals surface area contributed by atoms with E-state index in [1.54, 1.807) is 0 Å².